The zero-order valence-corrected chi connectivity index (χ0v) is 16.8. The highest BCUT2D eigenvalue weighted by molar-refractivity contribution is 5.95. The number of carbonyl (C=O) groups excluding carboxylic acids is 2. The third kappa shape index (κ3) is 6.48. The maximum Gasteiger partial charge on any atom is 0.238 e. The van der Waals surface area contributed by atoms with E-state index in [9.17, 15) is 22.8 Å². The molecule has 0 saturated heterocycles. The molecule has 0 aromatic heterocycles. The molecule has 0 radical (unpaired) electrons. The van der Waals surface area contributed by atoms with Gasteiger partial charge in [-0.05, 0) is 44.2 Å². The third-order valence-corrected chi connectivity index (χ3v) is 4.04. The van der Waals surface area contributed by atoms with E-state index in [0.29, 0.717) is 31.0 Å². The molecule has 9 heteroatoms. The number of halogens is 3. The van der Waals surface area contributed by atoms with E-state index in [4.69, 9.17) is 4.74 Å². The van der Waals surface area contributed by atoms with Crippen molar-refractivity contribution >= 4 is 23.2 Å². The largest absolute Gasteiger partial charge is 0.492 e. The molecule has 2 aromatic rings. The number of anilines is 2. The molecule has 0 aliphatic heterocycles. The maximum atomic E-state index is 13.7. The van der Waals surface area contributed by atoms with Gasteiger partial charge in [-0.3, -0.25) is 14.5 Å². The van der Waals surface area contributed by atoms with Gasteiger partial charge in [0.2, 0.25) is 11.8 Å². The van der Waals surface area contributed by atoms with Crippen LogP contribution in [0.2, 0.25) is 0 Å². The Labute approximate surface area is 173 Å². The van der Waals surface area contributed by atoms with Gasteiger partial charge in [0.1, 0.15) is 5.75 Å². The lowest BCUT2D eigenvalue weighted by Crippen LogP contribution is -2.39. The fourth-order valence-corrected chi connectivity index (χ4v) is 2.79. The van der Waals surface area contributed by atoms with Crippen LogP contribution in [-0.4, -0.2) is 43.0 Å². The summed E-state index contributed by atoms with van der Waals surface area (Å²) in [6, 6.07) is 8.63. The number of hydrogen-bond donors (Lipinski definition) is 2. The van der Waals surface area contributed by atoms with Crippen LogP contribution in [-0.2, 0) is 9.59 Å². The van der Waals surface area contributed by atoms with Gasteiger partial charge in [0.25, 0.3) is 0 Å². The van der Waals surface area contributed by atoms with E-state index >= 15 is 0 Å². The molecule has 0 unspecified atom stereocenters. The highest BCUT2D eigenvalue weighted by Crippen LogP contribution is 2.23. The normalized spacial score (nSPS) is 10.7. The molecule has 0 aliphatic rings. The molecule has 0 saturated carbocycles. The van der Waals surface area contributed by atoms with Gasteiger partial charge < -0.3 is 15.4 Å². The van der Waals surface area contributed by atoms with Gasteiger partial charge in [-0.25, -0.2) is 13.2 Å². The molecule has 162 valence electrons. The first-order valence-corrected chi connectivity index (χ1v) is 9.53. The predicted molar refractivity (Wildman–Crippen MR) is 108 cm³/mol. The minimum Gasteiger partial charge on any atom is -0.492 e. The molecule has 30 heavy (non-hydrogen) atoms. The zero-order valence-electron chi connectivity index (χ0n) is 16.8. The van der Waals surface area contributed by atoms with E-state index in [1.165, 1.54) is 0 Å². The molecule has 0 heterocycles. The Morgan fingerprint density at radius 2 is 1.53 bits per heavy atom. The van der Waals surface area contributed by atoms with Crippen molar-refractivity contribution in [3.63, 3.8) is 0 Å². The van der Waals surface area contributed by atoms with Gasteiger partial charge >= 0.3 is 0 Å². The van der Waals surface area contributed by atoms with Crippen molar-refractivity contribution in [3.8, 4) is 5.75 Å². The van der Waals surface area contributed by atoms with Crippen LogP contribution >= 0.6 is 0 Å². The van der Waals surface area contributed by atoms with Gasteiger partial charge in [0.15, 0.2) is 17.5 Å². The first kappa shape index (κ1) is 23.2. The van der Waals surface area contributed by atoms with Crippen LogP contribution in [0.4, 0.5) is 24.5 Å². The second-order valence-corrected chi connectivity index (χ2v) is 6.46. The number of rotatable bonds is 10. The number of hydrogen-bond acceptors (Lipinski definition) is 4. The lowest BCUT2D eigenvalue weighted by Gasteiger charge is -2.21. The molecule has 0 atom stereocenters. The summed E-state index contributed by atoms with van der Waals surface area (Å²) in [6.07, 6.45) is 0.662. The SMILES string of the molecule is CCCN(CC(=O)Nc1ccccc1OCC)CC(=O)Nc1ccc(F)c(F)c1F. The van der Waals surface area contributed by atoms with Crippen molar-refractivity contribution in [2.75, 3.05) is 36.9 Å². The summed E-state index contributed by atoms with van der Waals surface area (Å²) in [5, 5.41) is 4.94. The highest BCUT2D eigenvalue weighted by atomic mass is 19.2. The predicted octanol–water partition coefficient (Wildman–Crippen LogP) is 3.79. The molecule has 0 fully saturated rings. The average molecular weight is 423 g/mol. The fraction of sp³-hybridized carbons (Fsp3) is 0.333. The van der Waals surface area contributed by atoms with Crippen molar-refractivity contribution in [1.82, 2.24) is 4.90 Å². The second-order valence-electron chi connectivity index (χ2n) is 6.46. The highest BCUT2D eigenvalue weighted by Gasteiger charge is 2.18. The number of nitrogens with one attached hydrogen (secondary N) is 2. The molecule has 2 rings (SSSR count). The lowest BCUT2D eigenvalue weighted by molar-refractivity contribution is -0.120. The van der Waals surface area contributed by atoms with Crippen LogP contribution in [0, 0.1) is 17.5 Å². The number of nitrogens with zero attached hydrogens (tertiary/aromatic N) is 1. The number of benzene rings is 2. The monoisotopic (exact) mass is 423 g/mol. The maximum absolute atomic E-state index is 13.7. The van der Waals surface area contributed by atoms with E-state index < -0.39 is 29.0 Å². The third-order valence-electron chi connectivity index (χ3n) is 4.04. The number of carbonyl (C=O) groups is 2. The van der Waals surface area contributed by atoms with Crippen LogP contribution in [0.3, 0.4) is 0 Å². The quantitative estimate of drug-likeness (QED) is 0.571. The summed E-state index contributed by atoms with van der Waals surface area (Å²) in [7, 11) is 0. The minimum atomic E-state index is -1.66. The first-order chi connectivity index (χ1) is 14.3. The van der Waals surface area contributed by atoms with Crippen LogP contribution in [0.5, 0.6) is 5.75 Å². The Morgan fingerprint density at radius 3 is 2.17 bits per heavy atom. The molecule has 0 aliphatic carbocycles. The van der Waals surface area contributed by atoms with Gasteiger partial charge in [-0.2, -0.15) is 0 Å². The van der Waals surface area contributed by atoms with E-state index in [2.05, 4.69) is 10.6 Å². The minimum absolute atomic E-state index is 0.0953. The smallest absolute Gasteiger partial charge is 0.238 e. The van der Waals surface area contributed by atoms with Crippen molar-refractivity contribution in [2.24, 2.45) is 0 Å². The summed E-state index contributed by atoms with van der Waals surface area (Å²) >= 11 is 0. The lowest BCUT2D eigenvalue weighted by atomic mass is 10.2. The Hall–Kier alpha value is -3.07. The van der Waals surface area contributed by atoms with Gasteiger partial charge in [-0.15, -0.1) is 0 Å². The summed E-state index contributed by atoms with van der Waals surface area (Å²) in [4.78, 5) is 26.2. The Balaban J connectivity index is 1.99. The molecule has 6 nitrogen and oxygen atoms in total. The average Bonchev–Trinajstić information content (AvgIpc) is 2.70. The second kappa shape index (κ2) is 11.2. The molecule has 2 aromatic carbocycles. The van der Waals surface area contributed by atoms with E-state index in [-0.39, 0.29) is 19.0 Å². The van der Waals surface area contributed by atoms with Gasteiger partial charge in [-0.1, -0.05) is 19.1 Å². The summed E-state index contributed by atoms with van der Waals surface area (Å²) in [6.45, 7) is 4.25. The summed E-state index contributed by atoms with van der Waals surface area (Å²) < 4.78 is 45.5. The number of amides is 2. The van der Waals surface area contributed by atoms with E-state index in [1.54, 1.807) is 29.2 Å². The molecular weight excluding hydrogens is 399 g/mol. The zero-order chi connectivity index (χ0) is 22.1. The van der Waals surface area contributed by atoms with E-state index in [0.717, 1.165) is 12.1 Å². The van der Waals surface area contributed by atoms with Gasteiger partial charge in [0, 0.05) is 0 Å². The summed E-state index contributed by atoms with van der Waals surface area (Å²) in [5.41, 5.74) is 0.0413. The number of ether oxygens (including phenoxy) is 1. The van der Waals surface area contributed by atoms with Crippen LogP contribution in [0.1, 0.15) is 20.3 Å². The molecule has 2 N–H and O–H groups in total. The van der Waals surface area contributed by atoms with Crippen LogP contribution in [0.25, 0.3) is 0 Å². The Morgan fingerprint density at radius 1 is 0.900 bits per heavy atom. The van der Waals surface area contributed by atoms with E-state index in [1.807, 2.05) is 13.8 Å². The molecule has 0 bridgehead atoms. The van der Waals surface area contributed by atoms with Crippen LogP contribution < -0.4 is 15.4 Å². The standard InChI is InChI=1S/C21H24F3N3O3/c1-3-11-27(12-18(28)25-15-7-5-6-8-17(15)30-4-2)13-19(29)26-16-10-9-14(22)20(23)21(16)24/h5-10H,3-4,11-13H2,1-2H3,(H,25,28)(H,26,29). The Kier molecular flexibility index (Phi) is 8.67. The van der Waals surface area contributed by atoms with Crippen molar-refractivity contribution in [1.29, 1.82) is 0 Å². The molecule has 0 spiro atoms. The van der Waals surface area contributed by atoms with Gasteiger partial charge in [0.05, 0.1) is 31.1 Å². The van der Waals surface area contributed by atoms with Crippen LogP contribution in [0.15, 0.2) is 36.4 Å². The Bertz CT molecular complexity index is 893. The molecule has 2 amide bonds. The van der Waals surface area contributed by atoms with Crippen molar-refractivity contribution in [3.05, 3.63) is 53.8 Å². The number of para-hydroxylation sites is 2. The van der Waals surface area contributed by atoms with Crippen molar-refractivity contribution < 1.29 is 27.5 Å². The fourth-order valence-electron chi connectivity index (χ4n) is 2.79. The summed E-state index contributed by atoms with van der Waals surface area (Å²) in [5.74, 6) is -4.97. The molecular formula is C21H24F3N3O3. The van der Waals surface area contributed by atoms with Crippen molar-refractivity contribution in [2.45, 2.75) is 20.3 Å². The first-order valence-electron chi connectivity index (χ1n) is 9.53. The topological polar surface area (TPSA) is 70.7 Å².